The van der Waals surface area contributed by atoms with Crippen molar-refractivity contribution in [1.29, 1.82) is 0 Å². The molecule has 2 nitrogen and oxygen atoms in total. The highest BCUT2D eigenvalue weighted by Gasteiger charge is 2.30. The summed E-state index contributed by atoms with van der Waals surface area (Å²) in [6.45, 7) is 0.00949. The fourth-order valence-electron chi connectivity index (χ4n) is 1.65. The normalized spacial score (nSPS) is 11.5. The number of hydrogen-bond donors (Lipinski definition) is 1. The van der Waals surface area contributed by atoms with Gasteiger partial charge in [-0.15, -0.1) is 0 Å². The minimum atomic E-state index is -4.46. The topological polar surface area (TPSA) is 35.2 Å². The highest BCUT2D eigenvalue weighted by atomic mass is 35.5. The second kappa shape index (κ2) is 5.81. The molecule has 0 fully saturated rings. The molecule has 0 saturated carbocycles. The lowest BCUT2D eigenvalue weighted by atomic mass is 10.2. The molecule has 0 radical (unpaired) electrons. The van der Waals surface area contributed by atoms with E-state index in [0.717, 1.165) is 18.2 Å². The molecule has 112 valence electrons. The lowest BCUT2D eigenvalue weighted by Crippen LogP contribution is -2.06. The Hall–Kier alpha value is -1.95. The maximum atomic E-state index is 13.0. The SMILES string of the molecule is Nc1cc(C(F)(F)F)ccc1OCc1ccc(F)c(Cl)c1. The molecule has 0 aliphatic rings. The molecule has 7 heteroatoms. The van der Waals surface area contributed by atoms with E-state index < -0.39 is 17.6 Å². The average molecular weight is 320 g/mol. The van der Waals surface area contributed by atoms with Gasteiger partial charge < -0.3 is 10.5 Å². The smallest absolute Gasteiger partial charge is 0.416 e. The van der Waals surface area contributed by atoms with Gasteiger partial charge in [0.05, 0.1) is 16.3 Å². The van der Waals surface area contributed by atoms with Gasteiger partial charge in [0.1, 0.15) is 18.2 Å². The van der Waals surface area contributed by atoms with Gasteiger partial charge in [-0.1, -0.05) is 17.7 Å². The summed E-state index contributed by atoms with van der Waals surface area (Å²) in [7, 11) is 0. The van der Waals surface area contributed by atoms with Crippen LogP contribution in [0.3, 0.4) is 0 Å². The largest absolute Gasteiger partial charge is 0.487 e. The van der Waals surface area contributed by atoms with E-state index in [9.17, 15) is 17.6 Å². The molecule has 0 bridgehead atoms. The van der Waals surface area contributed by atoms with Crippen LogP contribution in [-0.4, -0.2) is 0 Å². The van der Waals surface area contributed by atoms with Crippen LogP contribution in [0.15, 0.2) is 36.4 Å². The van der Waals surface area contributed by atoms with Gasteiger partial charge in [0.15, 0.2) is 0 Å². The van der Waals surface area contributed by atoms with E-state index in [1.54, 1.807) is 0 Å². The Morgan fingerprint density at radius 3 is 2.38 bits per heavy atom. The molecule has 2 aromatic rings. The van der Waals surface area contributed by atoms with Crippen molar-refractivity contribution in [3.8, 4) is 5.75 Å². The Labute approximate surface area is 123 Å². The maximum absolute atomic E-state index is 13.0. The Morgan fingerprint density at radius 2 is 1.81 bits per heavy atom. The summed E-state index contributed by atoms with van der Waals surface area (Å²) in [5.74, 6) is -0.446. The van der Waals surface area contributed by atoms with Crippen molar-refractivity contribution in [3.05, 3.63) is 58.4 Å². The number of benzene rings is 2. The fraction of sp³-hybridized carbons (Fsp3) is 0.143. The highest BCUT2D eigenvalue weighted by molar-refractivity contribution is 6.30. The molecule has 0 aromatic heterocycles. The van der Waals surface area contributed by atoms with Crippen molar-refractivity contribution >= 4 is 17.3 Å². The van der Waals surface area contributed by atoms with Gasteiger partial charge in [0.25, 0.3) is 0 Å². The third-order valence-electron chi connectivity index (χ3n) is 2.72. The van der Waals surface area contributed by atoms with Gasteiger partial charge in [-0.3, -0.25) is 0 Å². The van der Waals surface area contributed by atoms with E-state index in [1.807, 2.05) is 0 Å². The van der Waals surface area contributed by atoms with Crippen LogP contribution >= 0.6 is 11.6 Å². The van der Waals surface area contributed by atoms with E-state index >= 15 is 0 Å². The number of halogens is 5. The van der Waals surface area contributed by atoms with Crippen LogP contribution in [-0.2, 0) is 12.8 Å². The van der Waals surface area contributed by atoms with Crippen molar-refractivity contribution in [3.63, 3.8) is 0 Å². The van der Waals surface area contributed by atoms with E-state index in [1.165, 1.54) is 18.2 Å². The third-order valence-corrected chi connectivity index (χ3v) is 3.01. The third kappa shape index (κ3) is 3.78. The lowest BCUT2D eigenvalue weighted by Gasteiger charge is -2.12. The molecule has 2 rings (SSSR count). The summed E-state index contributed by atoms with van der Waals surface area (Å²) >= 11 is 5.62. The molecular formula is C14H10ClF4NO. The van der Waals surface area contributed by atoms with Gasteiger partial charge in [0.2, 0.25) is 0 Å². The summed E-state index contributed by atoms with van der Waals surface area (Å²) < 4.78 is 55.8. The summed E-state index contributed by atoms with van der Waals surface area (Å²) in [5, 5.41) is -0.0588. The van der Waals surface area contributed by atoms with Gasteiger partial charge in [-0.2, -0.15) is 13.2 Å². The van der Waals surface area contributed by atoms with Gasteiger partial charge in [-0.05, 0) is 35.9 Å². The van der Waals surface area contributed by atoms with Crippen LogP contribution in [0.4, 0.5) is 23.2 Å². The Bertz CT molecular complexity index is 658. The fourth-order valence-corrected chi connectivity index (χ4v) is 1.85. The van der Waals surface area contributed by atoms with E-state index in [0.29, 0.717) is 5.56 Å². The number of alkyl halides is 3. The first-order valence-electron chi connectivity index (χ1n) is 5.81. The molecule has 0 saturated heterocycles. The van der Waals surface area contributed by atoms with Gasteiger partial charge in [0, 0.05) is 0 Å². The molecule has 0 aliphatic carbocycles. The van der Waals surface area contributed by atoms with Crippen LogP contribution in [0.25, 0.3) is 0 Å². The minimum absolute atomic E-state index is 0.00949. The Balaban J connectivity index is 2.11. The van der Waals surface area contributed by atoms with Crippen LogP contribution in [0.1, 0.15) is 11.1 Å². The van der Waals surface area contributed by atoms with E-state index in [4.69, 9.17) is 22.1 Å². The molecule has 2 N–H and O–H groups in total. The van der Waals surface area contributed by atoms with Gasteiger partial charge in [-0.25, -0.2) is 4.39 Å². The molecule has 0 unspecified atom stereocenters. The zero-order valence-electron chi connectivity index (χ0n) is 10.5. The minimum Gasteiger partial charge on any atom is -0.487 e. The Kier molecular flexibility index (Phi) is 4.27. The zero-order valence-corrected chi connectivity index (χ0v) is 11.3. The molecule has 0 heterocycles. The monoisotopic (exact) mass is 319 g/mol. The zero-order chi connectivity index (χ0) is 15.6. The second-order valence-electron chi connectivity index (χ2n) is 4.29. The number of anilines is 1. The summed E-state index contributed by atoms with van der Waals surface area (Å²) in [6, 6.07) is 6.83. The number of nitrogens with two attached hydrogens (primary N) is 1. The van der Waals surface area contributed by atoms with Crippen molar-refractivity contribution in [2.75, 3.05) is 5.73 Å². The van der Waals surface area contributed by atoms with Crippen molar-refractivity contribution in [2.24, 2.45) is 0 Å². The first kappa shape index (κ1) is 15.4. The first-order chi connectivity index (χ1) is 9.77. The number of rotatable bonds is 3. The van der Waals surface area contributed by atoms with Crippen LogP contribution in [0.5, 0.6) is 5.75 Å². The van der Waals surface area contributed by atoms with Crippen molar-refractivity contribution in [2.45, 2.75) is 12.8 Å². The molecule has 0 aliphatic heterocycles. The van der Waals surface area contributed by atoms with Crippen molar-refractivity contribution in [1.82, 2.24) is 0 Å². The predicted octanol–water partition coefficient (Wildman–Crippen LogP) is 4.66. The standard InChI is InChI=1S/C14H10ClF4NO/c15-10-5-8(1-3-11(10)16)7-21-13-4-2-9(6-12(13)20)14(17,18)19/h1-6H,7,20H2. The first-order valence-corrected chi connectivity index (χ1v) is 6.18. The molecule has 0 atom stereocenters. The van der Waals surface area contributed by atoms with Crippen molar-refractivity contribution < 1.29 is 22.3 Å². The van der Waals surface area contributed by atoms with E-state index in [-0.39, 0.29) is 23.1 Å². The quantitative estimate of drug-likeness (QED) is 0.659. The van der Waals surface area contributed by atoms with Crippen LogP contribution in [0.2, 0.25) is 5.02 Å². The molecular weight excluding hydrogens is 310 g/mol. The predicted molar refractivity (Wildman–Crippen MR) is 71.6 cm³/mol. The van der Waals surface area contributed by atoms with E-state index in [2.05, 4.69) is 0 Å². The average Bonchev–Trinajstić information content (AvgIpc) is 2.40. The molecule has 0 spiro atoms. The summed E-state index contributed by atoms with van der Waals surface area (Å²) in [5.41, 5.74) is 5.12. The highest BCUT2D eigenvalue weighted by Crippen LogP contribution is 2.34. The second-order valence-corrected chi connectivity index (χ2v) is 4.69. The Morgan fingerprint density at radius 1 is 1.10 bits per heavy atom. The number of ether oxygens (including phenoxy) is 1. The number of hydrogen-bond acceptors (Lipinski definition) is 2. The summed E-state index contributed by atoms with van der Waals surface area (Å²) in [4.78, 5) is 0. The lowest BCUT2D eigenvalue weighted by molar-refractivity contribution is -0.137. The molecule has 2 aromatic carbocycles. The summed E-state index contributed by atoms with van der Waals surface area (Å²) in [6.07, 6.45) is -4.46. The molecule has 21 heavy (non-hydrogen) atoms. The van der Waals surface area contributed by atoms with Crippen LogP contribution < -0.4 is 10.5 Å². The van der Waals surface area contributed by atoms with Crippen LogP contribution in [0, 0.1) is 5.82 Å². The number of nitrogen functional groups attached to an aromatic ring is 1. The maximum Gasteiger partial charge on any atom is 0.416 e. The molecule has 0 amide bonds. The van der Waals surface area contributed by atoms with Gasteiger partial charge >= 0.3 is 6.18 Å².